The van der Waals surface area contributed by atoms with E-state index >= 15 is 0 Å². The zero-order valence-corrected chi connectivity index (χ0v) is 15.8. The van der Waals surface area contributed by atoms with E-state index in [-0.39, 0.29) is 23.9 Å². The summed E-state index contributed by atoms with van der Waals surface area (Å²) in [5, 5.41) is 5.54. The van der Waals surface area contributed by atoms with Crippen molar-refractivity contribution in [2.45, 2.75) is 24.9 Å². The molecule has 1 aromatic carbocycles. The van der Waals surface area contributed by atoms with E-state index in [2.05, 4.69) is 10.6 Å². The molecule has 4 rings (SSSR count). The molecule has 8 nitrogen and oxygen atoms in total. The third kappa shape index (κ3) is 3.38. The normalized spacial score (nSPS) is 17.0. The van der Waals surface area contributed by atoms with Gasteiger partial charge in [0.1, 0.15) is 5.76 Å². The van der Waals surface area contributed by atoms with Crippen LogP contribution in [0.2, 0.25) is 0 Å². The highest BCUT2D eigenvalue weighted by Gasteiger charge is 2.44. The topological polar surface area (TPSA) is 94.9 Å². The molecular formula is C20H22N4O4. The van der Waals surface area contributed by atoms with Gasteiger partial charge in [-0.05, 0) is 57.3 Å². The van der Waals surface area contributed by atoms with Crippen LogP contribution in [0.15, 0.2) is 41.0 Å². The summed E-state index contributed by atoms with van der Waals surface area (Å²) >= 11 is 0. The van der Waals surface area contributed by atoms with Gasteiger partial charge >= 0.3 is 6.03 Å². The van der Waals surface area contributed by atoms with Crippen molar-refractivity contribution in [1.82, 2.24) is 15.1 Å². The van der Waals surface area contributed by atoms with Crippen molar-refractivity contribution in [3.63, 3.8) is 0 Å². The number of amides is 4. The summed E-state index contributed by atoms with van der Waals surface area (Å²) in [5.74, 6) is 0.231. The van der Waals surface area contributed by atoms with Gasteiger partial charge in [-0.25, -0.2) is 4.79 Å². The van der Waals surface area contributed by atoms with E-state index in [9.17, 15) is 14.4 Å². The fraction of sp³-hybridized carbons (Fsp3) is 0.350. The summed E-state index contributed by atoms with van der Waals surface area (Å²) in [6.45, 7) is 0.351. The number of anilines is 1. The lowest BCUT2D eigenvalue weighted by Gasteiger charge is -2.22. The average Bonchev–Trinajstić information content (AvgIpc) is 3.27. The number of furan rings is 1. The lowest BCUT2D eigenvalue weighted by molar-refractivity contribution is 0.0642. The van der Waals surface area contributed by atoms with Crippen molar-refractivity contribution >= 4 is 23.5 Å². The molecule has 2 heterocycles. The van der Waals surface area contributed by atoms with Gasteiger partial charge in [0.25, 0.3) is 11.8 Å². The number of nitrogens with one attached hydrogen (secondary N) is 2. The number of hydrogen-bond acceptors (Lipinski definition) is 5. The van der Waals surface area contributed by atoms with Crippen LogP contribution in [0.25, 0.3) is 0 Å². The molecule has 0 unspecified atom stereocenters. The predicted molar refractivity (Wildman–Crippen MR) is 102 cm³/mol. The predicted octanol–water partition coefficient (Wildman–Crippen LogP) is 2.46. The Morgan fingerprint density at radius 2 is 1.96 bits per heavy atom. The van der Waals surface area contributed by atoms with E-state index in [1.807, 2.05) is 25.1 Å². The molecule has 28 heavy (non-hydrogen) atoms. The number of carbonyl (C=O) groups excluding carboxylic acids is 3. The first kappa shape index (κ1) is 18.2. The minimum atomic E-state index is -0.394. The van der Waals surface area contributed by atoms with Crippen LogP contribution in [0.3, 0.4) is 0 Å². The van der Waals surface area contributed by atoms with Gasteiger partial charge in [0.15, 0.2) is 0 Å². The van der Waals surface area contributed by atoms with Crippen LogP contribution in [-0.2, 0) is 0 Å². The molecule has 1 saturated carbocycles. The number of benzene rings is 1. The Labute approximate surface area is 162 Å². The van der Waals surface area contributed by atoms with Crippen molar-refractivity contribution in [1.29, 1.82) is 0 Å². The Balaban J connectivity index is 1.40. The molecule has 0 saturated heterocycles. The Hall–Kier alpha value is -3.13. The van der Waals surface area contributed by atoms with Gasteiger partial charge in [-0.1, -0.05) is 0 Å². The molecule has 0 radical (unpaired) electrons. The quantitative estimate of drug-likeness (QED) is 0.749. The zero-order chi connectivity index (χ0) is 19.8. The minimum Gasteiger partial charge on any atom is -0.468 e. The van der Waals surface area contributed by atoms with Crippen LogP contribution in [0.4, 0.5) is 10.5 Å². The van der Waals surface area contributed by atoms with Crippen LogP contribution >= 0.6 is 0 Å². The number of hydrogen-bond donors (Lipinski definition) is 2. The van der Waals surface area contributed by atoms with E-state index in [0.717, 1.165) is 18.6 Å². The Morgan fingerprint density at radius 3 is 2.61 bits per heavy atom. The number of nitrogens with zero attached hydrogens (tertiary/aromatic N) is 2. The Bertz CT molecular complexity index is 918. The standard InChI is InChI=1S/C20H22N4O4/c1-23(2)16(17-4-3-9-28-17)11-21-20(27)22-12-5-8-14-15(10-12)19(26)24(18(14)25)13-6-7-13/h3-5,8-10,13,16H,6-7,11H2,1-2H3,(H2,21,22,27)/t16-/m1/s1. The van der Waals surface area contributed by atoms with Crippen LogP contribution in [0.1, 0.15) is 45.4 Å². The second kappa shape index (κ2) is 7.12. The Kier molecular flexibility index (Phi) is 4.64. The van der Waals surface area contributed by atoms with Crippen molar-refractivity contribution < 1.29 is 18.8 Å². The minimum absolute atomic E-state index is 0.0247. The molecule has 8 heteroatoms. The monoisotopic (exact) mass is 382 g/mol. The van der Waals surface area contributed by atoms with Crippen molar-refractivity contribution in [3.8, 4) is 0 Å². The van der Waals surface area contributed by atoms with Gasteiger partial charge < -0.3 is 15.1 Å². The molecule has 2 aromatic rings. The fourth-order valence-electron chi connectivity index (χ4n) is 3.38. The summed E-state index contributed by atoms with van der Waals surface area (Å²) in [7, 11) is 3.81. The third-order valence-corrected chi connectivity index (χ3v) is 5.04. The van der Waals surface area contributed by atoms with E-state index in [4.69, 9.17) is 4.42 Å². The van der Waals surface area contributed by atoms with Crippen molar-refractivity contribution in [2.24, 2.45) is 0 Å². The highest BCUT2D eigenvalue weighted by Crippen LogP contribution is 2.35. The van der Waals surface area contributed by atoms with Crippen molar-refractivity contribution in [3.05, 3.63) is 53.5 Å². The number of likely N-dealkylation sites (N-methyl/N-ethyl adjacent to an activating group) is 1. The van der Waals surface area contributed by atoms with Crippen LogP contribution in [0.5, 0.6) is 0 Å². The van der Waals surface area contributed by atoms with Gasteiger partial charge in [-0.3, -0.25) is 19.4 Å². The van der Waals surface area contributed by atoms with E-state index in [1.54, 1.807) is 30.5 Å². The molecule has 2 aliphatic rings. The summed E-state index contributed by atoms with van der Waals surface area (Å²) < 4.78 is 5.43. The SMILES string of the molecule is CN(C)[C@H](CNC(=O)Nc1ccc2c(c1)C(=O)N(C1CC1)C2=O)c1ccco1. The molecule has 1 fully saturated rings. The van der Waals surface area contributed by atoms with E-state index in [1.165, 1.54) is 4.90 Å². The van der Waals surface area contributed by atoms with Gasteiger partial charge in [0.05, 0.1) is 23.4 Å². The largest absolute Gasteiger partial charge is 0.468 e. The van der Waals surface area contributed by atoms with Gasteiger partial charge in [0.2, 0.25) is 0 Å². The number of imide groups is 1. The smallest absolute Gasteiger partial charge is 0.319 e. The molecule has 4 amide bonds. The summed E-state index contributed by atoms with van der Waals surface area (Å²) in [6, 6.07) is 7.99. The molecule has 0 spiro atoms. The maximum absolute atomic E-state index is 12.5. The summed E-state index contributed by atoms with van der Waals surface area (Å²) in [5.41, 5.74) is 1.21. The van der Waals surface area contributed by atoms with Gasteiger partial charge in [0, 0.05) is 18.3 Å². The van der Waals surface area contributed by atoms with Crippen molar-refractivity contribution in [2.75, 3.05) is 26.0 Å². The van der Waals surface area contributed by atoms with Gasteiger partial charge in [-0.15, -0.1) is 0 Å². The molecule has 1 aliphatic heterocycles. The number of rotatable bonds is 6. The van der Waals surface area contributed by atoms with E-state index in [0.29, 0.717) is 23.4 Å². The molecule has 1 aliphatic carbocycles. The first-order chi connectivity index (χ1) is 13.5. The molecule has 2 N–H and O–H groups in total. The average molecular weight is 382 g/mol. The van der Waals surface area contributed by atoms with Gasteiger partial charge in [-0.2, -0.15) is 0 Å². The lowest BCUT2D eigenvalue weighted by Crippen LogP contribution is -2.36. The molecule has 0 bridgehead atoms. The second-order valence-electron chi connectivity index (χ2n) is 7.30. The van der Waals surface area contributed by atoms with E-state index < -0.39 is 6.03 Å². The second-order valence-corrected chi connectivity index (χ2v) is 7.30. The maximum atomic E-state index is 12.5. The molecule has 1 atom stereocenters. The highest BCUT2D eigenvalue weighted by atomic mass is 16.3. The van der Waals surface area contributed by atoms with Crippen LogP contribution < -0.4 is 10.6 Å². The first-order valence-electron chi connectivity index (χ1n) is 9.22. The maximum Gasteiger partial charge on any atom is 0.319 e. The number of urea groups is 1. The fourth-order valence-corrected chi connectivity index (χ4v) is 3.38. The molecule has 1 aromatic heterocycles. The molecule has 146 valence electrons. The molecular weight excluding hydrogens is 360 g/mol. The number of fused-ring (bicyclic) bond motifs is 1. The third-order valence-electron chi connectivity index (χ3n) is 5.04. The Morgan fingerprint density at radius 1 is 1.21 bits per heavy atom. The highest BCUT2D eigenvalue weighted by molar-refractivity contribution is 6.22. The summed E-state index contributed by atoms with van der Waals surface area (Å²) in [6.07, 6.45) is 3.32. The first-order valence-corrected chi connectivity index (χ1v) is 9.22. The lowest BCUT2D eigenvalue weighted by atomic mass is 10.1. The van der Waals surface area contributed by atoms with Crippen LogP contribution in [-0.4, -0.2) is 54.3 Å². The zero-order valence-electron chi connectivity index (χ0n) is 15.8. The van der Waals surface area contributed by atoms with Crippen LogP contribution in [0, 0.1) is 0 Å². The number of carbonyl (C=O) groups is 3. The summed E-state index contributed by atoms with van der Waals surface area (Å²) in [4.78, 5) is 40.5.